The predicted molar refractivity (Wildman–Crippen MR) is 123 cm³/mol. The van der Waals surface area contributed by atoms with Gasteiger partial charge < -0.3 is 10.1 Å². The highest BCUT2D eigenvalue weighted by Crippen LogP contribution is 2.51. The van der Waals surface area contributed by atoms with Gasteiger partial charge in [0.15, 0.2) is 15.5 Å². The summed E-state index contributed by atoms with van der Waals surface area (Å²) < 4.78 is 98.8. The Morgan fingerprint density at radius 1 is 1.11 bits per heavy atom. The van der Waals surface area contributed by atoms with E-state index >= 15 is 0 Å². The summed E-state index contributed by atoms with van der Waals surface area (Å²) in [6.07, 6.45) is -3.67. The standard InChI is InChI=1S/C24H20F5N3O4S/c1-12-9-16(23(26)7-8-23)17(25)11-18(12)36-22-19(13(2)20(31-32-22)24(27,28)29)21(33)30-14-5-4-6-15(10-14)37(3,34)35/h4-6,9-11H,7-8H2,1-3H3,(H,30,33). The number of ether oxygens (including phenoxy) is 1. The van der Waals surface area contributed by atoms with E-state index in [1.54, 1.807) is 0 Å². The largest absolute Gasteiger partial charge is 0.437 e. The van der Waals surface area contributed by atoms with Crippen LogP contribution in [0.3, 0.4) is 0 Å². The Balaban J connectivity index is 1.76. The lowest BCUT2D eigenvalue weighted by molar-refractivity contribution is -0.142. The number of nitrogens with one attached hydrogen (secondary N) is 1. The Morgan fingerprint density at radius 3 is 2.38 bits per heavy atom. The molecule has 0 saturated heterocycles. The van der Waals surface area contributed by atoms with Crippen LogP contribution in [-0.4, -0.2) is 30.8 Å². The highest BCUT2D eigenvalue weighted by Gasteiger charge is 2.47. The molecule has 1 heterocycles. The Bertz CT molecular complexity index is 1520. The van der Waals surface area contributed by atoms with E-state index in [-0.39, 0.29) is 40.3 Å². The number of hydrogen-bond acceptors (Lipinski definition) is 6. The second kappa shape index (κ2) is 9.05. The minimum Gasteiger partial charge on any atom is -0.437 e. The number of anilines is 1. The molecule has 1 aliphatic carbocycles. The summed E-state index contributed by atoms with van der Waals surface area (Å²) in [5, 5.41) is 8.92. The van der Waals surface area contributed by atoms with Crippen LogP contribution in [-0.2, 0) is 21.7 Å². The third kappa shape index (κ3) is 5.41. The van der Waals surface area contributed by atoms with E-state index in [1.165, 1.54) is 31.2 Å². The molecular weight excluding hydrogens is 521 g/mol. The van der Waals surface area contributed by atoms with E-state index in [4.69, 9.17) is 4.74 Å². The van der Waals surface area contributed by atoms with Crippen LogP contribution < -0.4 is 10.1 Å². The highest BCUT2D eigenvalue weighted by atomic mass is 32.2. The average Bonchev–Trinajstić information content (AvgIpc) is 3.53. The fraction of sp³-hybridized carbons (Fsp3) is 0.292. The van der Waals surface area contributed by atoms with E-state index < -0.39 is 56.1 Å². The number of carbonyl (C=O) groups excluding carboxylic acids is 1. The minimum absolute atomic E-state index is 0.0205. The molecule has 0 radical (unpaired) electrons. The normalized spacial score (nSPS) is 14.8. The molecule has 1 saturated carbocycles. The molecule has 1 aliphatic rings. The summed E-state index contributed by atoms with van der Waals surface area (Å²) >= 11 is 0. The van der Waals surface area contributed by atoms with Gasteiger partial charge in [-0.3, -0.25) is 4.79 Å². The van der Waals surface area contributed by atoms with Crippen molar-refractivity contribution in [1.29, 1.82) is 0 Å². The number of benzene rings is 2. The van der Waals surface area contributed by atoms with Crippen molar-refractivity contribution >= 4 is 21.4 Å². The van der Waals surface area contributed by atoms with Gasteiger partial charge in [-0.1, -0.05) is 6.07 Å². The number of alkyl halides is 4. The molecule has 3 aromatic rings. The van der Waals surface area contributed by atoms with Gasteiger partial charge in [0, 0.05) is 23.6 Å². The van der Waals surface area contributed by atoms with E-state index in [2.05, 4.69) is 15.5 Å². The van der Waals surface area contributed by atoms with Crippen molar-refractivity contribution in [2.45, 2.75) is 43.4 Å². The molecular formula is C24H20F5N3O4S. The summed E-state index contributed by atoms with van der Waals surface area (Å²) in [4.78, 5) is 13.0. The van der Waals surface area contributed by atoms with Crippen LogP contribution in [0, 0.1) is 19.7 Å². The van der Waals surface area contributed by atoms with Gasteiger partial charge in [0.1, 0.15) is 22.8 Å². The maximum absolute atomic E-state index is 14.6. The van der Waals surface area contributed by atoms with Crippen molar-refractivity contribution in [1.82, 2.24) is 10.2 Å². The van der Waals surface area contributed by atoms with Crippen molar-refractivity contribution in [3.05, 3.63) is 70.2 Å². The topological polar surface area (TPSA) is 98.2 Å². The molecule has 1 amide bonds. The zero-order valence-corrected chi connectivity index (χ0v) is 20.5. The van der Waals surface area contributed by atoms with E-state index in [0.717, 1.165) is 25.3 Å². The zero-order chi connectivity index (χ0) is 27.3. The van der Waals surface area contributed by atoms with Gasteiger partial charge >= 0.3 is 6.18 Å². The summed E-state index contributed by atoms with van der Waals surface area (Å²) in [7, 11) is -3.64. The van der Waals surface area contributed by atoms with Crippen molar-refractivity contribution < 1.29 is 39.9 Å². The molecule has 196 valence electrons. The van der Waals surface area contributed by atoms with Gasteiger partial charge in [-0.15, -0.1) is 10.2 Å². The first kappa shape index (κ1) is 26.5. The van der Waals surface area contributed by atoms with Crippen LogP contribution in [0.2, 0.25) is 0 Å². The minimum atomic E-state index is -4.95. The van der Waals surface area contributed by atoms with E-state index in [9.17, 15) is 35.2 Å². The fourth-order valence-electron chi connectivity index (χ4n) is 3.71. The number of sulfone groups is 1. The summed E-state index contributed by atoms with van der Waals surface area (Å²) in [6, 6.07) is 7.20. The summed E-state index contributed by atoms with van der Waals surface area (Å²) in [6.45, 7) is 2.47. The maximum atomic E-state index is 14.6. The molecule has 0 unspecified atom stereocenters. The quantitative estimate of drug-likeness (QED) is 0.405. The monoisotopic (exact) mass is 541 g/mol. The number of aromatic nitrogens is 2. The molecule has 7 nitrogen and oxygen atoms in total. The van der Waals surface area contributed by atoms with Gasteiger partial charge in [-0.2, -0.15) is 13.2 Å². The highest BCUT2D eigenvalue weighted by molar-refractivity contribution is 7.90. The molecule has 1 N–H and O–H groups in total. The molecule has 1 fully saturated rings. The molecule has 0 atom stereocenters. The van der Waals surface area contributed by atoms with Crippen molar-refractivity contribution in [3.63, 3.8) is 0 Å². The molecule has 4 rings (SSSR count). The second-order valence-corrected chi connectivity index (χ2v) is 10.8. The molecule has 0 aliphatic heterocycles. The van der Waals surface area contributed by atoms with Gasteiger partial charge in [-0.05, 0) is 62.1 Å². The predicted octanol–water partition coefficient (Wildman–Crippen LogP) is 5.66. The van der Waals surface area contributed by atoms with Crippen LogP contribution in [0.5, 0.6) is 11.6 Å². The molecule has 1 aromatic heterocycles. The number of carbonyl (C=O) groups is 1. The van der Waals surface area contributed by atoms with E-state index in [0.29, 0.717) is 0 Å². The van der Waals surface area contributed by atoms with Gasteiger partial charge in [0.05, 0.1) is 4.90 Å². The van der Waals surface area contributed by atoms with Gasteiger partial charge in [-0.25, -0.2) is 17.2 Å². The van der Waals surface area contributed by atoms with Crippen LogP contribution in [0.15, 0.2) is 41.3 Å². The Kier molecular flexibility index (Phi) is 6.47. The zero-order valence-electron chi connectivity index (χ0n) is 19.7. The molecule has 13 heteroatoms. The second-order valence-electron chi connectivity index (χ2n) is 8.77. The number of rotatable bonds is 6. The number of aryl methyl sites for hydroxylation is 1. The van der Waals surface area contributed by atoms with Crippen molar-refractivity contribution in [3.8, 4) is 11.6 Å². The Morgan fingerprint density at radius 2 is 1.78 bits per heavy atom. The summed E-state index contributed by atoms with van der Waals surface area (Å²) in [5.41, 5.74) is -4.41. The molecule has 2 aromatic carbocycles. The first-order valence-corrected chi connectivity index (χ1v) is 12.7. The molecule has 0 bridgehead atoms. The van der Waals surface area contributed by atoms with Crippen molar-refractivity contribution in [2.24, 2.45) is 0 Å². The smallest absolute Gasteiger partial charge is 0.435 e. The lowest BCUT2D eigenvalue weighted by Gasteiger charge is -2.17. The van der Waals surface area contributed by atoms with Crippen molar-refractivity contribution in [2.75, 3.05) is 11.6 Å². The summed E-state index contributed by atoms with van der Waals surface area (Å²) in [5.74, 6) is -2.87. The number of nitrogens with zero attached hydrogens (tertiary/aromatic N) is 2. The Labute approximate surface area is 208 Å². The first-order chi connectivity index (χ1) is 17.1. The first-order valence-electron chi connectivity index (χ1n) is 10.8. The number of amides is 1. The third-order valence-corrected chi connectivity index (χ3v) is 6.95. The number of halogens is 5. The third-order valence-electron chi connectivity index (χ3n) is 5.84. The molecule has 0 spiro atoms. The average molecular weight is 541 g/mol. The molecule has 37 heavy (non-hydrogen) atoms. The van der Waals surface area contributed by atoms with Gasteiger partial charge in [0.25, 0.3) is 11.8 Å². The maximum Gasteiger partial charge on any atom is 0.435 e. The van der Waals surface area contributed by atoms with E-state index in [1.807, 2.05) is 0 Å². The van der Waals surface area contributed by atoms with Crippen LogP contribution in [0.25, 0.3) is 0 Å². The SMILES string of the molecule is Cc1cc(C2(F)CC2)c(F)cc1Oc1nnc(C(F)(F)F)c(C)c1C(=O)Nc1cccc(S(C)(=O)=O)c1. The van der Waals surface area contributed by atoms with Crippen LogP contribution in [0.4, 0.5) is 27.6 Å². The lowest BCUT2D eigenvalue weighted by atomic mass is 10.0. The Hall–Kier alpha value is -3.61. The lowest BCUT2D eigenvalue weighted by Crippen LogP contribution is -2.21. The van der Waals surface area contributed by atoms with Crippen LogP contribution in [0.1, 0.15) is 45.6 Å². The van der Waals surface area contributed by atoms with Crippen LogP contribution >= 0.6 is 0 Å². The fourth-order valence-corrected chi connectivity index (χ4v) is 4.37. The number of hydrogen-bond donors (Lipinski definition) is 1. The van der Waals surface area contributed by atoms with Gasteiger partial charge in [0.2, 0.25) is 0 Å².